The number of hydrogen-bond donors (Lipinski definition) is 2. The summed E-state index contributed by atoms with van der Waals surface area (Å²) in [5.74, 6) is 0.752. The predicted octanol–water partition coefficient (Wildman–Crippen LogP) is 0.824. The van der Waals surface area contributed by atoms with Gasteiger partial charge in [0.05, 0.1) is 31.2 Å². The molecule has 0 saturated heterocycles. The second-order valence-corrected chi connectivity index (χ2v) is 6.41. The zero-order valence-corrected chi connectivity index (χ0v) is 13.5. The lowest BCUT2D eigenvalue weighted by molar-refractivity contribution is 0.397. The highest BCUT2D eigenvalue weighted by atomic mass is 32.2. The second-order valence-electron chi connectivity index (χ2n) is 4.68. The molecule has 0 unspecified atom stereocenters. The van der Waals surface area contributed by atoms with Crippen LogP contribution in [0, 0.1) is 11.3 Å². The number of fused-ring (bicyclic) bond motifs is 1. The van der Waals surface area contributed by atoms with E-state index in [2.05, 4.69) is 10.3 Å². The Bertz CT molecular complexity index is 874. The molecule has 0 aliphatic heterocycles. The van der Waals surface area contributed by atoms with Gasteiger partial charge in [-0.3, -0.25) is 4.98 Å². The number of primary sulfonamides is 1. The Hall–Kier alpha value is -2.57. The van der Waals surface area contributed by atoms with Crippen LogP contribution in [0.1, 0.15) is 5.56 Å². The van der Waals surface area contributed by atoms with E-state index >= 15 is 0 Å². The molecule has 0 saturated carbocycles. The molecule has 1 aromatic carbocycles. The average molecular weight is 336 g/mol. The van der Waals surface area contributed by atoms with Crippen molar-refractivity contribution in [3.63, 3.8) is 0 Å². The lowest BCUT2D eigenvalue weighted by Crippen LogP contribution is -2.22. The van der Waals surface area contributed by atoms with Crippen molar-refractivity contribution >= 4 is 26.6 Å². The van der Waals surface area contributed by atoms with Gasteiger partial charge in [0.2, 0.25) is 10.0 Å². The zero-order chi connectivity index (χ0) is 17.0. The Morgan fingerprint density at radius 3 is 2.65 bits per heavy atom. The van der Waals surface area contributed by atoms with Gasteiger partial charge in [0.25, 0.3) is 0 Å². The molecule has 3 N–H and O–H groups in total. The Labute approximate surface area is 133 Å². The molecule has 1 heterocycles. The van der Waals surface area contributed by atoms with E-state index in [1.165, 1.54) is 20.4 Å². The predicted molar refractivity (Wildman–Crippen MR) is 86.0 cm³/mol. The highest BCUT2D eigenvalue weighted by Crippen LogP contribution is 2.35. The van der Waals surface area contributed by atoms with Crippen molar-refractivity contribution in [3.05, 3.63) is 23.9 Å². The summed E-state index contributed by atoms with van der Waals surface area (Å²) >= 11 is 0. The zero-order valence-electron chi connectivity index (χ0n) is 12.7. The summed E-state index contributed by atoms with van der Waals surface area (Å²) in [5, 5.41) is 17.8. The van der Waals surface area contributed by atoms with E-state index in [0.717, 1.165) is 0 Å². The molecule has 0 aliphatic carbocycles. The number of methoxy groups -OCH3 is 2. The first-order chi connectivity index (χ1) is 10.9. The first-order valence-corrected chi connectivity index (χ1v) is 8.30. The maximum atomic E-state index is 11.1. The van der Waals surface area contributed by atoms with Gasteiger partial charge in [-0.15, -0.1) is 0 Å². The third-order valence-electron chi connectivity index (χ3n) is 3.17. The number of ether oxygens (including phenoxy) is 2. The molecule has 0 radical (unpaired) electrons. The van der Waals surface area contributed by atoms with Crippen molar-refractivity contribution in [2.24, 2.45) is 5.14 Å². The van der Waals surface area contributed by atoms with Crippen molar-refractivity contribution in [2.45, 2.75) is 0 Å². The van der Waals surface area contributed by atoms with Crippen LogP contribution in [0.2, 0.25) is 0 Å². The topological polar surface area (TPSA) is 127 Å². The fourth-order valence-corrected chi connectivity index (χ4v) is 2.50. The molecule has 0 amide bonds. The highest BCUT2D eigenvalue weighted by Gasteiger charge is 2.14. The number of aromatic nitrogens is 1. The smallest absolute Gasteiger partial charge is 0.210 e. The number of nitrogens with zero attached hydrogens (tertiary/aromatic N) is 2. The van der Waals surface area contributed by atoms with Crippen LogP contribution in [-0.2, 0) is 10.0 Å². The van der Waals surface area contributed by atoms with Gasteiger partial charge in [0.15, 0.2) is 0 Å². The van der Waals surface area contributed by atoms with Crippen LogP contribution >= 0.6 is 0 Å². The monoisotopic (exact) mass is 336 g/mol. The fourth-order valence-electron chi connectivity index (χ4n) is 2.11. The Kier molecular flexibility index (Phi) is 4.88. The molecular formula is C14H16N4O4S. The normalized spacial score (nSPS) is 11.0. The van der Waals surface area contributed by atoms with E-state index in [-0.39, 0.29) is 17.9 Å². The number of anilines is 1. The van der Waals surface area contributed by atoms with Crippen LogP contribution in [0.25, 0.3) is 10.9 Å². The molecule has 23 heavy (non-hydrogen) atoms. The van der Waals surface area contributed by atoms with Crippen LogP contribution in [0.4, 0.5) is 5.69 Å². The third kappa shape index (κ3) is 3.80. The van der Waals surface area contributed by atoms with Gasteiger partial charge in [-0.1, -0.05) is 0 Å². The van der Waals surface area contributed by atoms with E-state index in [4.69, 9.17) is 14.6 Å². The van der Waals surface area contributed by atoms with E-state index < -0.39 is 10.0 Å². The van der Waals surface area contributed by atoms with Gasteiger partial charge in [-0.25, -0.2) is 13.6 Å². The number of hydrogen-bond acceptors (Lipinski definition) is 7. The summed E-state index contributed by atoms with van der Waals surface area (Å²) in [4.78, 5) is 4.23. The van der Waals surface area contributed by atoms with E-state index in [9.17, 15) is 13.7 Å². The fraction of sp³-hybridized carbons (Fsp3) is 0.286. The average Bonchev–Trinajstić information content (AvgIpc) is 2.52. The van der Waals surface area contributed by atoms with E-state index in [0.29, 0.717) is 28.1 Å². The molecule has 0 spiro atoms. The number of benzene rings is 1. The third-order valence-corrected chi connectivity index (χ3v) is 3.95. The van der Waals surface area contributed by atoms with Crippen molar-refractivity contribution in [2.75, 3.05) is 31.8 Å². The van der Waals surface area contributed by atoms with E-state index in [1.54, 1.807) is 12.1 Å². The summed E-state index contributed by atoms with van der Waals surface area (Å²) in [6, 6.07) is 5.40. The summed E-state index contributed by atoms with van der Waals surface area (Å²) in [6.45, 7) is 0.0617. The molecule has 2 aromatic rings. The minimum atomic E-state index is -3.60. The molecule has 0 aliphatic rings. The first-order valence-electron chi connectivity index (χ1n) is 6.58. The minimum absolute atomic E-state index is 0.0617. The maximum Gasteiger partial charge on any atom is 0.210 e. The lowest BCUT2D eigenvalue weighted by Gasteiger charge is -2.14. The van der Waals surface area contributed by atoms with Crippen LogP contribution in [0.3, 0.4) is 0 Å². The molecule has 0 atom stereocenters. The Balaban J connectivity index is 2.57. The number of nitrogens with two attached hydrogens (primary N) is 1. The van der Waals surface area contributed by atoms with Crippen LogP contribution < -0.4 is 19.9 Å². The van der Waals surface area contributed by atoms with Gasteiger partial charge in [-0.05, 0) is 6.07 Å². The van der Waals surface area contributed by atoms with Crippen molar-refractivity contribution < 1.29 is 17.9 Å². The van der Waals surface area contributed by atoms with Gasteiger partial charge in [0.1, 0.15) is 23.1 Å². The second kappa shape index (κ2) is 6.68. The number of nitriles is 1. The van der Waals surface area contributed by atoms with Gasteiger partial charge < -0.3 is 14.8 Å². The molecule has 0 bridgehead atoms. The van der Waals surface area contributed by atoms with Gasteiger partial charge in [-0.2, -0.15) is 5.26 Å². The molecule has 2 rings (SSSR count). The molecule has 9 heteroatoms. The molecule has 0 fully saturated rings. The largest absolute Gasteiger partial charge is 0.497 e. The number of nitrogens with one attached hydrogen (secondary N) is 1. The molecule has 8 nitrogen and oxygen atoms in total. The molecule has 122 valence electrons. The van der Waals surface area contributed by atoms with Gasteiger partial charge in [0, 0.05) is 24.2 Å². The standard InChI is InChI=1S/C14H16N4O4S/c1-21-10-5-11-13(17-3-4-23(16,19)20)9(7-15)8-18-14(11)12(6-10)22-2/h5-6,8H,3-4H2,1-2H3,(H,17,18)(H2,16,19,20). The molecular weight excluding hydrogens is 320 g/mol. The highest BCUT2D eigenvalue weighted by molar-refractivity contribution is 7.89. The minimum Gasteiger partial charge on any atom is -0.497 e. The SMILES string of the molecule is COc1cc(OC)c2ncc(C#N)c(NCCS(N)(=O)=O)c2c1. The number of pyridine rings is 1. The van der Waals surface area contributed by atoms with Crippen molar-refractivity contribution in [3.8, 4) is 17.6 Å². The quantitative estimate of drug-likeness (QED) is 0.799. The maximum absolute atomic E-state index is 11.1. The van der Waals surface area contributed by atoms with Crippen LogP contribution in [0.5, 0.6) is 11.5 Å². The summed E-state index contributed by atoms with van der Waals surface area (Å²) in [5.41, 5.74) is 1.27. The summed E-state index contributed by atoms with van der Waals surface area (Å²) in [7, 11) is -0.591. The van der Waals surface area contributed by atoms with Crippen molar-refractivity contribution in [1.82, 2.24) is 4.98 Å². The Morgan fingerprint density at radius 1 is 1.35 bits per heavy atom. The van der Waals surface area contributed by atoms with Crippen LogP contribution in [-0.4, -0.2) is 39.9 Å². The number of rotatable bonds is 6. The summed E-state index contributed by atoms with van der Waals surface area (Å²) < 4.78 is 32.6. The summed E-state index contributed by atoms with van der Waals surface area (Å²) in [6.07, 6.45) is 1.40. The first kappa shape index (κ1) is 16.8. The van der Waals surface area contributed by atoms with E-state index in [1.807, 2.05) is 6.07 Å². The molecule has 1 aromatic heterocycles. The number of sulfonamides is 1. The Morgan fingerprint density at radius 2 is 2.09 bits per heavy atom. The van der Waals surface area contributed by atoms with Gasteiger partial charge >= 0.3 is 0 Å². The van der Waals surface area contributed by atoms with Crippen molar-refractivity contribution in [1.29, 1.82) is 5.26 Å². The lowest BCUT2D eigenvalue weighted by atomic mass is 10.1. The van der Waals surface area contributed by atoms with Crippen LogP contribution in [0.15, 0.2) is 18.3 Å².